The summed E-state index contributed by atoms with van der Waals surface area (Å²) in [6.45, 7) is 1.86. The van der Waals surface area contributed by atoms with E-state index in [1.165, 1.54) is 0 Å². The highest BCUT2D eigenvalue weighted by atomic mass is 16.5. The average Bonchev–Trinajstić information content (AvgIpc) is 2.70. The molecule has 0 amide bonds. The second-order valence-electron chi connectivity index (χ2n) is 5.83. The molecule has 0 saturated heterocycles. The topological polar surface area (TPSA) is 26.3 Å². The molecule has 0 aliphatic rings. The van der Waals surface area contributed by atoms with E-state index in [1.54, 1.807) is 6.26 Å². The van der Waals surface area contributed by atoms with Crippen molar-refractivity contribution in [2.24, 2.45) is 0 Å². The third kappa shape index (κ3) is 4.24. The Morgan fingerprint density at radius 1 is 0.760 bits per heavy atom. The van der Waals surface area contributed by atoms with Gasteiger partial charge in [-0.3, -0.25) is 4.79 Å². The molecule has 0 aliphatic carbocycles. The predicted octanol–water partition coefficient (Wildman–Crippen LogP) is 5.42. The molecule has 0 N–H and O–H groups in total. The highest BCUT2D eigenvalue weighted by Crippen LogP contribution is 2.24. The maximum Gasteiger partial charge on any atom is 0.317 e. The summed E-state index contributed by atoms with van der Waals surface area (Å²) in [6.07, 6.45) is 1.56. The van der Waals surface area contributed by atoms with Gasteiger partial charge in [-0.25, -0.2) is 0 Å². The smallest absolute Gasteiger partial charge is 0.317 e. The molecule has 124 valence electrons. The molecule has 2 nitrogen and oxygen atoms in total. The Morgan fingerprint density at radius 3 is 1.68 bits per heavy atom. The zero-order chi connectivity index (χ0) is 17.5. The fourth-order valence-electron chi connectivity index (χ4n) is 2.64. The standard InChI is InChI=1S/C23H20O2/c1-18(19-11-5-2-6-12-19)23(24)25-17-22(20-13-7-3-8-14-20)21-15-9-4-10-16-21/h2-18H,1H3/t18-/m0/s1. The van der Waals surface area contributed by atoms with E-state index in [9.17, 15) is 4.79 Å². The number of carbonyl (C=O) groups excluding carboxylic acids is 1. The minimum atomic E-state index is -0.315. The Hall–Kier alpha value is -3.13. The van der Waals surface area contributed by atoms with Crippen LogP contribution in [0.2, 0.25) is 0 Å². The number of hydrogen-bond donors (Lipinski definition) is 0. The van der Waals surface area contributed by atoms with Gasteiger partial charge in [-0.2, -0.15) is 0 Å². The van der Waals surface area contributed by atoms with Gasteiger partial charge in [0, 0.05) is 5.57 Å². The molecule has 0 aromatic heterocycles. The van der Waals surface area contributed by atoms with Crippen LogP contribution in [0.25, 0.3) is 5.57 Å². The molecule has 0 saturated carbocycles. The van der Waals surface area contributed by atoms with Gasteiger partial charge < -0.3 is 4.74 Å². The number of ether oxygens (including phenoxy) is 1. The van der Waals surface area contributed by atoms with E-state index in [0.717, 1.165) is 22.3 Å². The van der Waals surface area contributed by atoms with Crippen molar-refractivity contribution in [3.05, 3.63) is 114 Å². The maximum absolute atomic E-state index is 12.4. The highest BCUT2D eigenvalue weighted by molar-refractivity contribution is 5.83. The number of esters is 1. The molecule has 1 atom stereocenters. The number of carbonyl (C=O) groups is 1. The Balaban J connectivity index is 1.85. The molecule has 0 radical (unpaired) electrons. The molecule has 0 heterocycles. The summed E-state index contributed by atoms with van der Waals surface area (Å²) < 4.78 is 5.53. The lowest BCUT2D eigenvalue weighted by molar-refractivity contribution is -0.139. The molecule has 0 fully saturated rings. The van der Waals surface area contributed by atoms with Crippen molar-refractivity contribution in [3.63, 3.8) is 0 Å². The molecular formula is C23H20O2. The normalized spacial score (nSPS) is 11.4. The third-order valence-corrected chi connectivity index (χ3v) is 4.12. The van der Waals surface area contributed by atoms with Gasteiger partial charge in [-0.15, -0.1) is 0 Å². The lowest BCUT2D eigenvalue weighted by Crippen LogP contribution is -2.10. The first-order valence-electron chi connectivity index (χ1n) is 8.32. The fraction of sp³-hybridized carbons (Fsp3) is 0.0870. The Morgan fingerprint density at radius 2 is 1.20 bits per heavy atom. The van der Waals surface area contributed by atoms with Crippen LogP contribution < -0.4 is 0 Å². The number of benzene rings is 3. The van der Waals surface area contributed by atoms with Crippen LogP contribution in [0.15, 0.2) is 97.3 Å². The van der Waals surface area contributed by atoms with Gasteiger partial charge in [-0.05, 0) is 23.6 Å². The van der Waals surface area contributed by atoms with Crippen molar-refractivity contribution in [1.82, 2.24) is 0 Å². The Kier molecular flexibility index (Phi) is 5.43. The van der Waals surface area contributed by atoms with Gasteiger partial charge in [0.1, 0.15) is 6.26 Å². The van der Waals surface area contributed by atoms with Crippen molar-refractivity contribution in [2.75, 3.05) is 0 Å². The van der Waals surface area contributed by atoms with E-state index in [-0.39, 0.29) is 11.9 Å². The van der Waals surface area contributed by atoms with Crippen LogP contribution in [0.3, 0.4) is 0 Å². The van der Waals surface area contributed by atoms with Crippen molar-refractivity contribution >= 4 is 11.5 Å². The monoisotopic (exact) mass is 328 g/mol. The minimum absolute atomic E-state index is 0.268. The van der Waals surface area contributed by atoms with E-state index in [0.29, 0.717) is 0 Å². The van der Waals surface area contributed by atoms with Crippen LogP contribution in [0.1, 0.15) is 29.5 Å². The summed E-state index contributed by atoms with van der Waals surface area (Å²) in [5.41, 5.74) is 3.85. The first-order valence-corrected chi connectivity index (χ1v) is 8.32. The lowest BCUT2D eigenvalue weighted by Gasteiger charge is -2.12. The minimum Gasteiger partial charge on any atom is -0.433 e. The number of rotatable bonds is 5. The second kappa shape index (κ2) is 8.11. The molecule has 3 rings (SSSR count). The summed E-state index contributed by atoms with van der Waals surface area (Å²) in [5, 5.41) is 0. The molecule has 0 unspecified atom stereocenters. The molecular weight excluding hydrogens is 308 g/mol. The van der Waals surface area contributed by atoms with Gasteiger partial charge in [0.2, 0.25) is 0 Å². The molecule has 3 aromatic rings. The zero-order valence-electron chi connectivity index (χ0n) is 14.1. The SMILES string of the molecule is C[C@H](C(=O)OC=C(c1ccccc1)c1ccccc1)c1ccccc1. The molecule has 3 aromatic carbocycles. The molecule has 0 aliphatic heterocycles. The summed E-state index contributed by atoms with van der Waals surface area (Å²) in [5.74, 6) is -0.583. The predicted molar refractivity (Wildman–Crippen MR) is 101 cm³/mol. The van der Waals surface area contributed by atoms with Crippen molar-refractivity contribution in [2.45, 2.75) is 12.8 Å². The van der Waals surface area contributed by atoms with Gasteiger partial charge in [0.05, 0.1) is 5.92 Å². The summed E-state index contributed by atoms with van der Waals surface area (Å²) >= 11 is 0. The van der Waals surface area contributed by atoms with Crippen LogP contribution >= 0.6 is 0 Å². The van der Waals surface area contributed by atoms with Gasteiger partial charge >= 0.3 is 5.97 Å². The van der Waals surface area contributed by atoms with E-state index in [2.05, 4.69) is 0 Å². The molecule has 0 spiro atoms. The quantitative estimate of drug-likeness (QED) is 0.461. The highest BCUT2D eigenvalue weighted by Gasteiger charge is 2.16. The summed E-state index contributed by atoms with van der Waals surface area (Å²) in [6, 6.07) is 29.5. The van der Waals surface area contributed by atoms with Crippen LogP contribution in [0, 0.1) is 0 Å². The van der Waals surface area contributed by atoms with Crippen molar-refractivity contribution in [3.8, 4) is 0 Å². The first kappa shape index (κ1) is 16.7. The summed E-state index contributed by atoms with van der Waals surface area (Å²) in [4.78, 5) is 12.4. The van der Waals surface area contributed by atoms with E-state index in [1.807, 2.05) is 97.9 Å². The van der Waals surface area contributed by atoms with Crippen LogP contribution in [-0.2, 0) is 9.53 Å². The third-order valence-electron chi connectivity index (χ3n) is 4.12. The molecule has 0 bridgehead atoms. The number of hydrogen-bond acceptors (Lipinski definition) is 2. The first-order chi connectivity index (χ1) is 12.3. The van der Waals surface area contributed by atoms with Crippen molar-refractivity contribution < 1.29 is 9.53 Å². The Bertz CT molecular complexity index is 796. The summed E-state index contributed by atoms with van der Waals surface area (Å²) in [7, 11) is 0. The lowest BCUT2D eigenvalue weighted by atomic mass is 9.99. The fourth-order valence-corrected chi connectivity index (χ4v) is 2.64. The van der Waals surface area contributed by atoms with Crippen LogP contribution in [-0.4, -0.2) is 5.97 Å². The van der Waals surface area contributed by atoms with E-state index < -0.39 is 0 Å². The van der Waals surface area contributed by atoms with Crippen molar-refractivity contribution in [1.29, 1.82) is 0 Å². The largest absolute Gasteiger partial charge is 0.433 e. The van der Waals surface area contributed by atoms with Gasteiger partial charge in [0.15, 0.2) is 0 Å². The van der Waals surface area contributed by atoms with Gasteiger partial charge in [0.25, 0.3) is 0 Å². The zero-order valence-corrected chi connectivity index (χ0v) is 14.1. The Labute approximate surface area is 148 Å². The average molecular weight is 328 g/mol. The van der Waals surface area contributed by atoms with E-state index in [4.69, 9.17) is 4.74 Å². The molecule has 2 heteroatoms. The second-order valence-corrected chi connectivity index (χ2v) is 5.83. The van der Waals surface area contributed by atoms with Crippen LogP contribution in [0.5, 0.6) is 0 Å². The maximum atomic E-state index is 12.4. The molecule has 25 heavy (non-hydrogen) atoms. The van der Waals surface area contributed by atoms with Gasteiger partial charge in [-0.1, -0.05) is 91.0 Å². The van der Waals surface area contributed by atoms with Crippen LogP contribution in [0.4, 0.5) is 0 Å². The van der Waals surface area contributed by atoms with E-state index >= 15 is 0 Å².